The Labute approximate surface area is 181 Å². The number of hydrogen-bond acceptors (Lipinski definition) is 4. The lowest BCUT2D eigenvalue weighted by molar-refractivity contribution is -0.123. The van der Waals surface area contributed by atoms with Crippen molar-refractivity contribution in [2.75, 3.05) is 19.6 Å². The molecule has 0 atom stereocenters. The third kappa shape index (κ3) is 6.84. The molecule has 1 amide bonds. The second kappa shape index (κ2) is 9.10. The van der Waals surface area contributed by atoms with Crippen LogP contribution < -0.4 is 5.32 Å². The van der Waals surface area contributed by atoms with Crippen molar-refractivity contribution in [1.82, 2.24) is 9.62 Å². The Morgan fingerprint density at radius 3 is 2.40 bits per heavy atom. The molecule has 0 bridgehead atoms. The van der Waals surface area contributed by atoms with Crippen LogP contribution in [0.5, 0.6) is 0 Å². The zero-order chi connectivity index (χ0) is 22.7. The summed E-state index contributed by atoms with van der Waals surface area (Å²) in [5, 5.41) is 3.74. The quantitative estimate of drug-likeness (QED) is 0.620. The zero-order valence-electron chi connectivity index (χ0n) is 19.3. The Morgan fingerprint density at radius 1 is 1.13 bits per heavy atom. The maximum Gasteiger partial charge on any atom is 0.243 e. The van der Waals surface area contributed by atoms with Crippen molar-refractivity contribution in [1.29, 1.82) is 0 Å². The Bertz CT molecular complexity index is 968. The first-order valence-corrected chi connectivity index (χ1v) is 11.9. The van der Waals surface area contributed by atoms with Gasteiger partial charge in [0.2, 0.25) is 15.9 Å². The first-order valence-electron chi connectivity index (χ1n) is 10.4. The van der Waals surface area contributed by atoms with E-state index in [0.29, 0.717) is 31.6 Å². The van der Waals surface area contributed by atoms with Gasteiger partial charge in [0.15, 0.2) is 0 Å². The highest BCUT2D eigenvalue weighted by molar-refractivity contribution is 7.89. The normalized spacial score (nSPS) is 13.4. The number of fused-ring (bicyclic) bond motifs is 1. The molecule has 1 heterocycles. The van der Waals surface area contributed by atoms with Gasteiger partial charge in [0.1, 0.15) is 5.58 Å². The lowest BCUT2D eigenvalue weighted by atomic mass is 9.90. The maximum absolute atomic E-state index is 13.4. The average molecular weight is 437 g/mol. The number of nitrogens with one attached hydrogen (secondary N) is 1. The summed E-state index contributed by atoms with van der Waals surface area (Å²) in [5.74, 6) is 0.156. The SMILES string of the molecule is CC(C)CN(CC(C)(C)CNC(=O)CC(C)(C)C)S(=O)(=O)c1ccc2occc2c1. The van der Waals surface area contributed by atoms with Crippen LogP contribution in [0.25, 0.3) is 11.0 Å². The molecule has 1 aromatic carbocycles. The van der Waals surface area contributed by atoms with Gasteiger partial charge < -0.3 is 9.73 Å². The second-order valence-corrected chi connectivity index (χ2v) is 12.4. The number of rotatable bonds is 9. The molecule has 0 radical (unpaired) electrons. The number of nitrogens with zero attached hydrogens (tertiary/aromatic N) is 1. The van der Waals surface area contributed by atoms with E-state index < -0.39 is 15.4 Å². The summed E-state index contributed by atoms with van der Waals surface area (Å²) in [6, 6.07) is 6.69. The molecule has 168 valence electrons. The van der Waals surface area contributed by atoms with E-state index in [-0.39, 0.29) is 22.1 Å². The highest BCUT2D eigenvalue weighted by Gasteiger charge is 2.32. The Hall–Kier alpha value is -1.86. The zero-order valence-corrected chi connectivity index (χ0v) is 20.1. The summed E-state index contributed by atoms with van der Waals surface area (Å²) in [4.78, 5) is 12.5. The van der Waals surface area contributed by atoms with Crippen LogP contribution in [0.1, 0.15) is 54.9 Å². The Kier molecular flexibility index (Phi) is 7.41. The summed E-state index contributed by atoms with van der Waals surface area (Å²) in [5.41, 5.74) is 0.147. The number of furan rings is 1. The molecule has 0 unspecified atom stereocenters. The fourth-order valence-electron chi connectivity index (χ4n) is 3.32. The van der Waals surface area contributed by atoms with Gasteiger partial charge in [-0.25, -0.2) is 8.42 Å². The van der Waals surface area contributed by atoms with E-state index in [2.05, 4.69) is 5.32 Å². The van der Waals surface area contributed by atoms with E-state index in [4.69, 9.17) is 4.42 Å². The van der Waals surface area contributed by atoms with Crippen molar-refractivity contribution < 1.29 is 17.6 Å². The molecule has 0 fully saturated rings. The molecule has 0 saturated heterocycles. The smallest absolute Gasteiger partial charge is 0.243 e. The van der Waals surface area contributed by atoms with E-state index in [0.717, 1.165) is 5.39 Å². The molecule has 2 rings (SSSR count). The van der Waals surface area contributed by atoms with Gasteiger partial charge in [-0.15, -0.1) is 0 Å². The molecule has 0 saturated carbocycles. The number of carbonyl (C=O) groups is 1. The van der Waals surface area contributed by atoms with Gasteiger partial charge in [0.25, 0.3) is 0 Å². The molecule has 30 heavy (non-hydrogen) atoms. The van der Waals surface area contributed by atoms with Crippen LogP contribution >= 0.6 is 0 Å². The molecule has 0 spiro atoms. The maximum atomic E-state index is 13.4. The van der Waals surface area contributed by atoms with Crippen LogP contribution in [-0.4, -0.2) is 38.3 Å². The average Bonchev–Trinajstić information content (AvgIpc) is 3.05. The molecule has 1 N–H and O–H groups in total. The lowest BCUT2D eigenvalue weighted by Gasteiger charge is -2.33. The van der Waals surface area contributed by atoms with Gasteiger partial charge in [-0.05, 0) is 41.0 Å². The molecular weight excluding hydrogens is 400 g/mol. The Balaban J connectivity index is 2.20. The monoisotopic (exact) mass is 436 g/mol. The van der Waals surface area contributed by atoms with E-state index in [9.17, 15) is 13.2 Å². The minimum atomic E-state index is -3.69. The van der Waals surface area contributed by atoms with Crippen LogP contribution in [-0.2, 0) is 14.8 Å². The molecule has 2 aromatic rings. The van der Waals surface area contributed by atoms with E-state index in [1.54, 1.807) is 30.5 Å². The molecule has 0 aliphatic carbocycles. The van der Waals surface area contributed by atoms with Crippen molar-refractivity contribution in [2.45, 2.75) is 59.8 Å². The number of benzene rings is 1. The number of amides is 1. The van der Waals surface area contributed by atoms with Gasteiger partial charge >= 0.3 is 0 Å². The standard InChI is InChI=1S/C23H36N2O4S/c1-17(2)14-25(16-23(6,7)15-24-21(26)13-22(3,4)5)30(27,28)19-8-9-20-18(12-19)10-11-29-20/h8-12,17H,13-16H2,1-7H3,(H,24,26). The van der Waals surface area contributed by atoms with Crippen LogP contribution in [0.2, 0.25) is 0 Å². The number of carbonyl (C=O) groups excluding carboxylic acids is 1. The van der Waals surface area contributed by atoms with E-state index in [1.165, 1.54) is 4.31 Å². The van der Waals surface area contributed by atoms with Crippen molar-refractivity contribution in [2.24, 2.45) is 16.7 Å². The molecular formula is C23H36N2O4S. The van der Waals surface area contributed by atoms with Gasteiger partial charge in [0, 0.05) is 31.4 Å². The Morgan fingerprint density at radius 2 is 1.80 bits per heavy atom. The molecule has 1 aromatic heterocycles. The van der Waals surface area contributed by atoms with Gasteiger partial charge in [-0.2, -0.15) is 4.31 Å². The fourth-order valence-corrected chi connectivity index (χ4v) is 5.15. The van der Waals surface area contributed by atoms with E-state index in [1.807, 2.05) is 48.5 Å². The summed E-state index contributed by atoms with van der Waals surface area (Å²) in [7, 11) is -3.69. The number of sulfonamides is 1. The highest BCUT2D eigenvalue weighted by atomic mass is 32.2. The predicted molar refractivity (Wildman–Crippen MR) is 121 cm³/mol. The fraction of sp³-hybridized carbons (Fsp3) is 0.609. The minimum Gasteiger partial charge on any atom is -0.464 e. The molecule has 0 aliphatic rings. The predicted octanol–water partition coefficient (Wildman–Crippen LogP) is 4.66. The van der Waals surface area contributed by atoms with Crippen molar-refractivity contribution in [3.8, 4) is 0 Å². The third-order valence-electron chi connectivity index (χ3n) is 4.69. The van der Waals surface area contributed by atoms with Crippen molar-refractivity contribution in [3.05, 3.63) is 30.5 Å². The molecule has 0 aliphatic heterocycles. The summed E-state index contributed by atoms with van der Waals surface area (Å²) in [6.07, 6.45) is 1.98. The summed E-state index contributed by atoms with van der Waals surface area (Å²) < 4.78 is 33.8. The van der Waals surface area contributed by atoms with Gasteiger partial charge in [-0.3, -0.25) is 4.79 Å². The van der Waals surface area contributed by atoms with Crippen LogP contribution in [0, 0.1) is 16.7 Å². The first-order chi connectivity index (χ1) is 13.7. The summed E-state index contributed by atoms with van der Waals surface area (Å²) >= 11 is 0. The number of hydrogen-bond donors (Lipinski definition) is 1. The van der Waals surface area contributed by atoms with Crippen LogP contribution in [0.3, 0.4) is 0 Å². The molecule has 6 nitrogen and oxygen atoms in total. The first kappa shape index (κ1) is 24.4. The third-order valence-corrected chi connectivity index (χ3v) is 6.50. The minimum absolute atomic E-state index is 0.0146. The lowest BCUT2D eigenvalue weighted by Crippen LogP contribution is -2.45. The van der Waals surface area contributed by atoms with Crippen LogP contribution in [0.15, 0.2) is 39.8 Å². The van der Waals surface area contributed by atoms with Crippen molar-refractivity contribution >= 4 is 26.9 Å². The van der Waals surface area contributed by atoms with E-state index >= 15 is 0 Å². The largest absolute Gasteiger partial charge is 0.464 e. The summed E-state index contributed by atoms with van der Waals surface area (Å²) in [6.45, 7) is 15.1. The molecule has 7 heteroatoms. The van der Waals surface area contributed by atoms with Crippen molar-refractivity contribution in [3.63, 3.8) is 0 Å². The van der Waals surface area contributed by atoms with Gasteiger partial charge in [-0.1, -0.05) is 48.5 Å². The highest BCUT2D eigenvalue weighted by Crippen LogP contribution is 2.27. The van der Waals surface area contributed by atoms with Gasteiger partial charge in [0.05, 0.1) is 11.2 Å². The second-order valence-electron chi connectivity index (χ2n) is 10.5. The van der Waals surface area contributed by atoms with Crippen LogP contribution in [0.4, 0.5) is 0 Å². The topological polar surface area (TPSA) is 79.6 Å².